The Hall–Kier alpha value is -1.28. The van der Waals surface area contributed by atoms with Crippen LogP contribution >= 0.6 is 0 Å². The summed E-state index contributed by atoms with van der Waals surface area (Å²) in [6.07, 6.45) is 4.21. The van der Waals surface area contributed by atoms with Gasteiger partial charge in [-0.2, -0.15) is 0 Å². The molecule has 0 unspecified atom stereocenters. The first-order chi connectivity index (χ1) is 6.74. The van der Waals surface area contributed by atoms with Crippen molar-refractivity contribution in [1.29, 1.82) is 0 Å². The Morgan fingerprint density at radius 3 is 2.64 bits per heavy atom. The van der Waals surface area contributed by atoms with Gasteiger partial charge in [0.2, 0.25) is 0 Å². The van der Waals surface area contributed by atoms with Crippen LogP contribution in [0, 0.1) is 0 Å². The fourth-order valence-electron chi connectivity index (χ4n) is 1.19. The van der Waals surface area contributed by atoms with Gasteiger partial charge in [0.15, 0.2) is 0 Å². The molecular weight excluding hydrogens is 174 g/mol. The van der Waals surface area contributed by atoms with Crippen LogP contribution in [0.5, 0.6) is 5.75 Å². The Bertz CT molecular complexity index is 305. The largest absolute Gasteiger partial charge is 0.496 e. The second-order valence-electron chi connectivity index (χ2n) is 3.41. The van der Waals surface area contributed by atoms with Crippen LogP contribution < -0.4 is 4.74 Å². The summed E-state index contributed by atoms with van der Waals surface area (Å²) in [6, 6.07) is 8.00. The van der Waals surface area contributed by atoms with Gasteiger partial charge >= 0.3 is 0 Å². The second-order valence-corrected chi connectivity index (χ2v) is 3.41. The molecule has 0 amide bonds. The summed E-state index contributed by atoms with van der Waals surface area (Å²) < 4.78 is 5.24. The second kappa shape index (κ2) is 5.45. The van der Waals surface area contributed by atoms with Crippen LogP contribution in [0.1, 0.15) is 5.56 Å². The third-order valence-electron chi connectivity index (χ3n) is 1.91. The fourth-order valence-corrected chi connectivity index (χ4v) is 1.19. The molecule has 2 heteroatoms. The molecule has 0 aromatic heterocycles. The predicted molar refractivity (Wildman–Crippen MR) is 60.6 cm³/mol. The number of nitrogens with zero attached hydrogens (tertiary/aromatic N) is 1. The Kier molecular flexibility index (Phi) is 4.20. The lowest BCUT2D eigenvalue weighted by atomic mass is 10.2. The predicted octanol–water partition coefficient (Wildman–Crippen LogP) is 2.27. The third-order valence-corrected chi connectivity index (χ3v) is 1.91. The maximum absolute atomic E-state index is 5.24. The molecule has 1 aromatic rings. The highest BCUT2D eigenvalue weighted by Gasteiger charge is 1.95. The van der Waals surface area contributed by atoms with Crippen LogP contribution in [-0.2, 0) is 0 Å². The molecule has 0 aliphatic rings. The summed E-state index contributed by atoms with van der Waals surface area (Å²) in [7, 11) is 5.79. The molecule has 0 fully saturated rings. The molecule has 0 atom stereocenters. The first-order valence-electron chi connectivity index (χ1n) is 4.68. The van der Waals surface area contributed by atoms with E-state index >= 15 is 0 Å². The van der Waals surface area contributed by atoms with E-state index in [0.717, 1.165) is 17.9 Å². The Balaban J connectivity index is 2.70. The normalized spacial score (nSPS) is 11.1. The van der Waals surface area contributed by atoms with Crippen molar-refractivity contribution < 1.29 is 4.74 Å². The summed E-state index contributed by atoms with van der Waals surface area (Å²) in [5.41, 5.74) is 1.12. The molecule has 0 saturated heterocycles. The molecule has 0 saturated carbocycles. The summed E-state index contributed by atoms with van der Waals surface area (Å²) >= 11 is 0. The molecule has 0 bridgehead atoms. The average Bonchev–Trinajstić information content (AvgIpc) is 2.18. The molecule has 2 nitrogen and oxygen atoms in total. The molecule has 0 N–H and O–H groups in total. The van der Waals surface area contributed by atoms with Crippen LogP contribution in [0.2, 0.25) is 0 Å². The minimum Gasteiger partial charge on any atom is -0.496 e. The van der Waals surface area contributed by atoms with E-state index in [-0.39, 0.29) is 0 Å². The Morgan fingerprint density at radius 1 is 1.29 bits per heavy atom. The Morgan fingerprint density at radius 2 is 2.00 bits per heavy atom. The maximum atomic E-state index is 5.24. The van der Waals surface area contributed by atoms with E-state index in [0.29, 0.717) is 0 Å². The van der Waals surface area contributed by atoms with E-state index in [2.05, 4.69) is 17.1 Å². The van der Waals surface area contributed by atoms with Crippen molar-refractivity contribution in [2.75, 3.05) is 27.7 Å². The van der Waals surface area contributed by atoms with E-state index in [1.54, 1.807) is 7.11 Å². The molecule has 0 aliphatic heterocycles. The summed E-state index contributed by atoms with van der Waals surface area (Å²) in [4.78, 5) is 2.12. The smallest absolute Gasteiger partial charge is 0.126 e. The molecule has 1 rings (SSSR count). The summed E-state index contributed by atoms with van der Waals surface area (Å²) in [6.45, 7) is 0.943. The van der Waals surface area contributed by atoms with Gasteiger partial charge in [0.05, 0.1) is 7.11 Å². The zero-order chi connectivity index (χ0) is 10.4. The lowest BCUT2D eigenvalue weighted by Gasteiger charge is -2.05. The third kappa shape index (κ3) is 3.23. The van der Waals surface area contributed by atoms with Crippen LogP contribution in [-0.4, -0.2) is 32.6 Å². The van der Waals surface area contributed by atoms with Crippen molar-refractivity contribution in [2.24, 2.45) is 0 Å². The van der Waals surface area contributed by atoms with Crippen LogP contribution in [0.25, 0.3) is 6.08 Å². The van der Waals surface area contributed by atoms with Crippen LogP contribution in [0.3, 0.4) is 0 Å². The topological polar surface area (TPSA) is 12.5 Å². The van der Waals surface area contributed by atoms with Crippen molar-refractivity contribution in [3.8, 4) is 5.75 Å². The number of methoxy groups -OCH3 is 1. The molecule has 0 heterocycles. The highest BCUT2D eigenvalue weighted by Crippen LogP contribution is 2.18. The monoisotopic (exact) mass is 191 g/mol. The SMILES string of the molecule is COc1ccccc1C=CCN(C)C. The van der Waals surface area contributed by atoms with Gasteiger partial charge in [-0.25, -0.2) is 0 Å². The number of rotatable bonds is 4. The van der Waals surface area contributed by atoms with Gasteiger partial charge in [-0.3, -0.25) is 0 Å². The van der Waals surface area contributed by atoms with Gasteiger partial charge in [0.1, 0.15) is 5.75 Å². The number of hydrogen-bond acceptors (Lipinski definition) is 2. The quantitative estimate of drug-likeness (QED) is 0.724. The minimum absolute atomic E-state index is 0.919. The van der Waals surface area contributed by atoms with Crippen LogP contribution in [0.15, 0.2) is 30.3 Å². The molecule has 76 valence electrons. The van der Waals surface area contributed by atoms with Crippen molar-refractivity contribution in [1.82, 2.24) is 4.90 Å². The van der Waals surface area contributed by atoms with E-state index in [9.17, 15) is 0 Å². The Labute approximate surface area is 85.8 Å². The van der Waals surface area contributed by atoms with Crippen molar-refractivity contribution >= 4 is 6.08 Å². The lowest BCUT2D eigenvalue weighted by Crippen LogP contribution is -2.10. The lowest BCUT2D eigenvalue weighted by molar-refractivity contribution is 0.413. The van der Waals surface area contributed by atoms with Crippen LogP contribution in [0.4, 0.5) is 0 Å². The zero-order valence-electron chi connectivity index (χ0n) is 9.03. The van der Waals surface area contributed by atoms with Gasteiger partial charge in [-0.1, -0.05) is 30.4 Å². The van der Waals surface area contributed by atoms with Gasteiger partial charge in [0.25, 0.3) is 0 Å². The fraction of sp³-hybridized carbons (Fsp3) is 0.333. The number of likely N-dealkylation sites (N-methyl/N-ethyl adjacent to an activating group) is 1. The van der Waals surface area contributed by atoms with Crippen molar-refractivity contribution in [3.05, 3.63) is 35.9 Å². The summed E-state index contributed by atoms with van der Waals surface area (Å²) in [5.74, 6) is 0.919. The number of hydrogen-bond donors (Lipinski definition) is 0. The standard InChI is InChI=1S/C12H17NO/c1-13(2)10-6-8-11-7-4-5-9-12(11)14-3/h4-9H,10H2,1-3H3. The van der Waals surface area contributed by atoms with E-state index in [4.69, 9.17) is 4.74 Å². The van der Waals surface area contributed by atoms with Gasteiger partial charge in [-0.15, -0.1) is 0 Å². The summed E-state index contributed by atoms with van der Waals surface area (Å²) in [5, 5.41) is 0. The van der Waals surface area contributed by atoms with E-state index < -0.39 is 0 Å². The zero-order valence-corrected chi connectivity index (χ0v) is 9.03. The minimum atomic E-state index is 0.919. The highest BCUT2D eigenvalue weighted by atomic mass is 16.5. The van der Waals surface area contributed by atoms with E-state index in [1.165, 1.54) is 0 Å². The number of ether oxygens (including phenoxy) is 1. The molecule has 1 aromatic carbocycles. The molecule has 14 heavy (non-hydrogen) atoms. The van der Waals surface area contributed by atoms with E-state index in [1.807, 2.05) is 38.4 Å². The molecule has 0 spiro atoms. The van der Waals surface area contributed by atoms with Crippen molar-refractivity contribution in [3.63, 3.8) is 0 Å². The molecule has 0 aliphatic carbocycles. The van der Waals surface area contributed by atoms with Gasteiger partial charge in [0, 0.05) is 12.1 Å². The maximum Gasteiger partial charge on any atom is 0.126 e. The average molecular weight is 191 g/mol. The molecular formula is C12H17NO. The first kappa shape index (κ1) is 10.8. The number of para-hydroxylation sites is 1. The number of benzene rings is 1. The molecule has 0 radical (unpaired) electrons. The van der Waals surface area contributed by atoms with Gasteiger partial charge < -0.3 is 9.64 Å². The first-order valence-corrected chi connectivity index (χ1v) is 4.68. The van der Waals surface area contributed by atoms with Crippen molar-refractivity contribution in [2.45, 2.75) is 0 Å². The highest BCUT2D eigenvalue weighted by molar-refractivity contribution is 5.57. The van der Waals surface area contributed by atoms with Gasteiger partial charge in [-0.05, 0) is 20.2 Å².